The molecule has 0 bridgehead atoms. The van der Waals surface area contributed by atoms with Crippen LogP contribution < -0.4 is 5.32 Å². The summed E-state index contributed by atoms with van der Waals surface area (Å²) in [5.41, 5.74) is 1.94. The van der Waals surface area contributed by atoms with Crippen molar-refractivity contribution >= 4 is 28.8 Å². The van der Waals surface area contributed by atoms with Crippen LogP contribution in [0.25, 0.3) is 10.9 Å². The summed E-state index contributed by atoms with van der Waals surface area (Å²) in [4.78, 5) is 25.1. The van der Waals surface area contributed by atoms with Crippen molar-refractivity contribution in [2.75, 3.05) is 5.32 Å². The van der Waals surface area contributed by atoms with Crippen molar-refractivity contribution in [2.45, 2.75) is 44.6 Å². The summed E-state index contributed by atoms with van der Waals surface area (Å²) in [5, 5.41) is 12.1. The van der Waals surface area contributed by atoms with Crippen molar-refractivity contribution in [3.63, 3.8) is 0 Å². The molecule has 1 fully saturated rings. The van der Waals surface area contributed by atoms with Crippen molar-refractivity contribution in [3.05, 3.63) is 66.2 Å². The Hall–Kier alpha value is -3.42. The highest BCUT2D eigenvalue weighted by molar-refractivity contribution is 5.90. The number of aromatic nitrogens is 1. The standard InChI is InChI=1S/C16H14N2O2.C8H12F2O2/c19-16(20-11-12-6-2-1-3-7-12)18-15-10-13-8-4-5-9-14(13)17-15;9-8(10)3-1-6(2-4-8)5-7(11)12/h1-10,17H,11H2,(H,18,19);6H,1-5H2,(H,11,12). The summed E-state index contributed by atoms with van der Waals surface area (Å²) < 4.78 is 30.3. The minimum absolute atomic E-state index is 0.0378. The second-order valence-electron chi connectivity index (χ2n) is 7.85. The van der Waals surface area contributed by atoms with Crippen LogP contribution in [0.3, 0.4) is 0 Å². The van der Waals surface area contributed by atoms with E-state index in [2.05, 4.69) is 10.3 Å². The molecule has 0 atom stereocenters. The molecule has 0 spiro atoms. The van der Waals surface area contributed by atoms with Gasteiger partial charge in [-0.15, -0.1) is 0 Å². The predicted octanol–water partition coefficient (Wildman–Crippen LogP) is 6.20. The van der Waals surface area contributed by atoms with Crippen molar-refractivity contribution < 1.29 is 28.2 Å². The molecule has 3 aromatic rings. The number of para-hydroxylation sites is 1. The Labute approximate surface area is 184 Å². The highest BCUT2D eigenvalue weighted by Crippen LogP contribution is 2.37. The molecule has 2 aromatic carbocycles. The lowest BCUT2D eigenvalue weighted by molar-refractivity contribution is -0.139. The molecule has 1 heterocycles. The first-order chi connectivity index (χ1) is 15.3. The number of aromatic amines is 1. The van der Waals surface area contributed by atoms with E-state index >= 15 is 0 Å². The second-order valence-corrected chi connectivity index (χ2v) is 7.85. The van der Waals surface area contributed by atoms with Crippen LogP contribution in [0.5, 0.6) is 0 Å². The fourth-order valence-electron chi connectivity index (χ4n) is 3.56. The Morgan fingerprint density at radius 1 is 1.06 bits per heavy atom. The Bertz CT molecular complexity index is 994. The maximum absolute atomic E-state index is 12.6. The van der Waals surface area contributed by atoms with Crippen LogP contribution in [0.2, 0.25) is 0 Å². The molecule has 3 N–H and O–H groups in total. The number of rotatable bonds is 5. The molecule has 8 heteroatoms. The van der Waals surface area contributed by atoms with Crippen LogP contribution >= 0.6 is 0 Å². The van der Waals surface area contributed by atoms with Crippen LogP contribution in [0.4, 0.5) is 19.4 Å². The lowest BCUT2D eigenvalue weighted by atomic mass is 9.85. The van der Waals surface area contributed by atoms with E-state index in [1.165, 1.54) is 0 Å². The largest absolute Gasteiger partial charge is 0.481 e. The van der Waals surface area contributed by atoms with Gasteiger partial charge in [-0.05, 0) is 36.5 Å². The van der Waals surface area contributed by atoms with Gasteiger partial charge in [0.15, 0.2) is 0 Å². The van der Waals surface area contributed by atoms with E-state index in [-0.39, 0.29) is 31.8 Å². The van der Waals surface area contributed by atoms with E-state index in [9.17, 15) is 18.4 Å². The quantitative estimate of drug-likeness (QED) is 0.437. The van der Waals surface area contributed by atoms with Crippen LogP contribution in [0, 0.1) is 5.92 Å². The van der Waals surface area contributed by atoms with Crippen molar-refractivity contribution in [1.29, 1.82) is 0 Å². The number of H-pyrrole nitrogens is 1. The average Bonchev–Trinajstić information content (AvgIpc) is 3.17. The molecule has 0 aliphatic heterocycles. The molecule has 0 unspecified atom stereocenters. The summed E-state index contributed by atoms with van der Waals surface area (Å²) in [6.07, 6.45) is -0.0368. The molecule has 4 rings (SSSR count). The van der Waals surface area contributed by atoms with Gasteiger partial charge < -0.3 is 14.8 Å². The first kappa shape index (κ1) is 23.2. The number of ether oxygens (including phenoxy) is 1. The lowest BCUT2D eigenvalue weighted by Gasteiger charge is -2.26. The number of alkyl halides is 2. The van der Waals surface area contributed by atoms with Crippen molar-refractivity contribution in [2.24, 2.45) is 5.92 Å². The monoisotopic (exact) mass is 444 g/mol. The maximum Gasteiger partial charge on any atom is 0.413 e. The van der Waals surface area contributed by atoms with Crippen LogP contribution in [-0.2, 0) is 16.1 Å². The number of halogens is 2. The normalized spacial score (nSPS) is 15.4. The van der Waals surface area contributed by atoms with E-state index in [0.717, 1.165) is 16.5 Å². The van der Waals surface area contributed by atoms with E-state index in [4.69, 9.17) is 9.84 Å². The molecule has 1 amide bonds. The number of hydrogen-bond acceptors (Lipinski definition) is 3. The van der Waals surface area contributed by atoms with Gasteiger partial charge in [0.05, 0.1) is 0 Å². The molecule has 1 aromatic heterocycles. The first-order valence-corrected chi connectivity index (χ1v) is 10.5. The van der Waals surface area contributed by atoms with E-state index < -0.39 is 18.0 Å². The van der Waals surface area contributed by atoms with E-state index in [1.807, 2.05) is 60.7 Å². The Morgan fingerprint density at radius 3 is 2.38 bits per heavy atom. The smallest absolute Gasteiger partial charge is 0.413 e. The molecule has 0 saturated heterocycles. The average molecular weight is 444 g/mol. The number of carboxylic acids is 1. The number of fused-ring (bicyclic) bond motifs is 1. The number of carbonyl (C=O) groups is 2. The molecule has 170 valence electrons. The third kappa shape index (κ3) is 7.37. The zero-order valence-corrected chi connectivity index (χ0v) is 17.5. The second kappa shape index (κ2) is 10.7. The molecule has 0 radical (unpaired) electrons. The molecular weight excluding hydrogens is 418 g/mol. The van der Waals surface area contributed by atoms with Crippen molar-refractivity contribution in [3.8, 4) is 0 Å². The van der Waals surface area contributed by atoms with Gasteiger partial charge in [-0.2, -0.15) is 0 Å². The van der Waals surface area contributed by atoms with Gasteiger partial charge in [-0.25, -0.2) is 13.6 Å². The van der Waals surface area contributed by atoms with Gasteiger partial charge >= 0.3 is 12.1 Å². The van der Waals surface area contributed by atoms with E-state index in [1.54, 1.807) is 0 Å². The summed E-state index contributed by atoms with van der Waals surface area (Å²) in [6, 6.07) is 19.3. The number of hydrogen-bond donors (Lipinski definition) is 3. The van der Waals surface area contributed by atoms with Gasteiger partial charge in [0.25, 0.3) is 0 Å². The highest BCUT2D eigenvalue weighted by atomic mass is 19.3. The SMILES string of the molecule is O=C(Nc1cc2ccccc2[nH]1)OCc1ccccc1.O=C(O)CC1CCC(F)(F)CC1. The topological polar surface area (TPSA) is 91.4 Å². The number of benzene rings is 2. The summed E-state index contributed by atoms with van der Waals surface area (Å²) in [7, 11) is 0. The number of amides is 1. The number of anilines is 1. The van der Waals surface area contributed by atoms with Crippen LogP contribution in [0.1, 0.15) is 37.7 Å². The van der Waals surface area contributed by atoms with E-state index in [0.29, 0.717) is 18.7 Å². The van der Waals surface area contributed by atoms with Crippen LogP contribution in [-0.4, -0.2) is 28.1 Å². The van der Waals surface area contributed by atoms with Gasteiger partial charge in [0.1, 0.15) is 12.4 Å². The molecule has 1 saturated carbocycles. The first-order valence-electron chi connectivity index (χ1n) is 10.5. The highest BCUT2D eigenvalue weighted by Gasteiger charge is 2.35. The number of aliphatic carboxylic acids is 1. The lowest BCUT2D eigenvalue weighted by Crippen LogP contribution is -2.25. The Kier molecular flexibility index (Phi) is 7.81. The van der Waals surface area contributed by atoms with Gasteiger partial charge in [-0.1, -0.05) is 48.5 Å². The molecule has 1 aliphatic carbocycles. The predicted molar refractivity (Wildman–Crippen MR) is 118 cm³/mol. The summed E-state index contributed by atoms with van der Waals surface area (Å²) in [6.45, 7) is 0.257. The third-order valence-electron chi connectivity index (χ3n) is 5.28. The Balaban J connectivity index is 0.000000207. The fraction of sp³-hybridized carbons (Fsp3) is 0.333. The number of carbonyl (C=O) groups excluding carboxylic acids is 1. The van der Waals surface area contributed by atoms with Crippen LogP contribution in [0.15, 0.2) is 60.7 Å². The maximum atomic E-state index is 12.6. The Morgan fingerprint density at radius 2 is 1.72 bits per heavy atom. The third-order valence-corrected chi connectivity index (χ3v) is 5.28. The zero-order valence-electron chi connectivity index (χ0n) is 17.5. The zero-order chi connectivity index (χ0) is 23.0. The molecule has 32 heavy (non-hydrogen) atoms. The van der Waals surface area contributed by atoms with Gasteiger partial charge in [0.2, 0.25) is 5.92 Å². The van der Waals surface area contributed by atoms with Gasteiger partial charge in [-0.3, -0.25) is 10.1 Å². The fourth-order valence-corrected chi connectivity index (χ4v) is 3.56. The van der Waals surface area contributed by atoms with Gasteiger partial charge in [0, 0.05) is 30.2 Å². The number of nitrogens with one attached hydrogen (secondary N) is 2. The summed E-state index contributed by atoms with van der Waals surface area (Å²) in [5.74, 6) is -2.84. The minimum Gasteiger partial charge on any atom is -0.481 e. The molecular formula is C24H26F2N2O4. The molecule has 6 nitrogen and oxygen atoms in total. The minimum atomic E-state index is -2.55. The number of carboxylic acid groups (broad SMARTS) is 1. The summed E-state index contributed by atoms with van der Waals surface area (Å²) >= 11 is 0. The molecule has 1 aliphatic rings. The van der Waals surface area contributed by atoms with Crippen molar-refractivity contribution in [1.82, 2.24) is 4.98 Å².